The van der Waals surface area contributed by atoms with Gasteiger partial charge in [0.2, 0.25) is 11.2 Å². The summed E-state index contributed by atoms with van der Waals surface area (Å²) in [7, 11) is 0. The summed E-state index contributed by atoms with van der Waals surface area (Å²) >= 11 is 5.80. The van der Waals surface area contributed by atoms with E-state index >= 15 is 0 Å². The van der Waals surface area contributed by atoms with E-state index in [4.69, 9.17) is 21.6 Å². The predicted molar refractivity (Wildman–Crippen MR) is 75.0 cm³/mol. The zero-order valence-corrected chi connectivity index (χ0v) is 11.6. The highest BCUT2D eigenvalue weighted by Gasteiger charge is 2.06. The molecule has 0 fully saturated rings. The average molecular weight is 290 g/mol. The number of ether oxygens (including phenoxy) is 1. The molecule has 0 saturated carbocycles. The number of hydrogen-bond donors (Lipinski definition) is 1. The Kier molecular flexibility index (Phi) is 4.69. The van der Waals surface area contributed by atoms with E-state index in [1.54, 1.807) is 0 Å². The molecule has 0 radical (unpaired) electrons. The zero-order chi connectivity index (χ0) is 14.4. The minimum Gasteiger partial charge on any atom is -0.464 e. The fourth-order valence-corrected chi connectivity index (χ4v) is 1.66. The molecule has 20 heavy (non-hydrogen) atoms. The Morgan fingerprint density at radius 3 is 2.65 bits per heavy atom. The first kappa shape index (κ1) is 14.0. The van der Waals surface area contributed by atoms with Gasteiger partial charge in [-0.2, -0.15) is 20.2 Å². The maximum absolute atomic E-state index is 8.61. The van der Waals surface area contributed by atoms with Crippen LogP contribution in [0, 0.1) is 11.3 Å². The maximum atomic E-state index is 8.61. The third-order valence-corrected chi connectivity index (χ3v) is 2.52. The molecule has 0 atom stereocenters. The molecule has 0 aliphatic heterocycles. The van der Waals surface area contributed by atoms with Gasteiger partial charge in [0, 0.05) is 5.69 Å². The number of benzene rings is 1. The Bertz CT molecular complexity index is 624. The van der Waals surface area contributed by atoms with Crippen LogP contribution >= 0.6 is 11.6 Å². The van der Waals surface area contributed by atoms with Crippen LogP contribution in [0.5, 0.6) is 6.01 Å². The van der Waals surface area contributed by atoms with Crippen LogP contribution in [0.3, 0.4) is 0 Å². The topological polar surface area (TPSA) is 83.7 Å². The van der Waals surface area contributed by atoms with Gasteiger partial charge in [0.25, 0.3) is 0 Å². The van der Waals surface area contributed by atoms with Crippen molar-refractivity contribution in [1.29, 1.82) is 5.26 Å². The van der Waals surface area contributed by atoms with Crippen LogP contribution in [0.25, 0.3) is 0 Å². The molecule has 1 N–H and O–H groups in total. The van der Waals surface area contributed by atoms with Gasteiger partial charge in [0.05, 0.1) is 19.1 Å². The van der Waals surface area contributed by atoms with E-state index in [1.165, 1.54) is 0 Å². The van der Waals surface area contributed by atoms with Crippen molar-refractivity contribution < 1.29 is 4.74 Å². The lowest BCUT2D eigenvalue weighted by Gasteiger charge is -2.07. The molecule has 0 amide bonds. The van der Waals surface area contributed by atoms with Crippen molar-refractivity contribution in [3.05, 3.63) is 35.1 Å². The molecule has 1 heterocycles. The predicted octanol–water partition coefficient (Wildman–Crippen LogP) is 2.73. The zero-order valence-electron chi connectivity index (χ0n) is 10.8. The molecule has 0 aliphatic rings. The number of nitrogens with one attached hydrogen (secondary N) is 1. The molecule has 0 aliphatic carbocycles. The lowest BCUT2D eigenvalue weighted by atomic mass is 10.1. The van der Waals surface area contributed by atoms with Gasteiger partial charge in [-0.3, -0.25) is 0 Å². The van der Waals surface area contributed by atoms with Crippen LogP contribution in [0.15, 0.2) is 24.3 Å². The van der Waals surface area contributed by atoms with E-state index in [-0.39, 0.29) is 11.3 Å². The summed E-state index contributed by atoms with van der Waals surface area (Å²) in [5.41, 5.74) is 1.73. The third-order valence-electron chi connectivity index (χ3n) is 2.35. The Morgan fingerprint density at radius 2 is 2.00 bits per heavy atom. The Morgan fingerprint density at radius 1 is 1.25 bits per heavy atom. The highest BCUT2D eigenvalue weighted by atomic mass is 35.5. The summed E-state index contributed by atoms with van der Waals surface area (Å²) in [5, 5.41) is 11.7. The summed E-state index contributed by atoms with van der Waals surface area (Å²) in [6.07, 6.45) is 0.381. The van der Waals surface area contributed by atoms with Crippen molar-refractivity contribution in [1.82, 2.24) is 15.0 Å². The highest BCUT2D eigenvalue weighted by Crippen LogP contribution is 2.17. The first-order valence-electron chi connectivity index (χ1n) is 5.98. The van der Waals surface area contributed by atoms with Gasteiger partial charge in [-0.1, -0.05) is 12.1 Å². The molecule has 0 spiro atoms. The molecular weight excluding hydrogens is 278 g/mol. The second-order valence-corrected chi connectivity index (χ2v) is 4.14. The molecule has 7 heteroatoms. The van der Waals surface area contributed by atoms with E-state index in [2.05, 4.69) is 26.3 Å². The first-order valence-corrected chi connectivity index (χ1v) is 6.36. The minimum absolute atomic E-state index is 0.0621. The Labute approximate surface area is 121 Å². The second kappa shape index (κ2) is 6.68. The standard InChI is InChI=1S/C13H12ClN5O/c1-2-20-13-18-11(14)17-12(19-13)16-10-5-3-9(4-6-10)7-8-15/h3-6H,2,7H2,1H3,(H,16,17,18,19). The average Bonchev–Trinajstić information content (AvgIpc) is 2.41. The van der Waals surface area contributed by atoms with E-state index in [0.717, 1.165) is 11.3 Å². The molecule has 102 valence electrons. The Hall–Kier alpha value is -2.39. The fourth-order valence-electron chi connectivity index (χ4n) is 1.51. The van der Waals surface area contributed by atoms with Crippen molar-refractivity contribution in [2.75, 3.05) is 11.9 Å². The first-order chi connectivity index (χ1) is 9.71. The highest BCUT2D eigenvalue weighted by molar-refractivity contribution is 6.28. The van der Waals surface area contributed by atoms with E-state index in [0.29, 0.717) is 19.0 Å². The van der Waals surface area contributed by atoms with Gasteiger partial charge >= 0.3 is 6.01 Å². The summed E-state index contributed by atoms with van der Waals surface area (Å²) in [5.74, 6) is 0.307. The second-order valence-electron chi connectivity index (χ2n) is 3.80. The molecule has 2 rings (SSSR count). The van der Waals surface area contributed by atoms with Crippen LogP contribution < -0.4 is 10.1 Å². The van der Waals surface area contributed by atoms with Crippen molar-refractivity contribution in [2.24, 2.45) is 0 Å². The van der Waals surface area contributed by atoms with Crippen LogP contribution in [0.4, 0.5) is 11.6 Å². The van der Waals surface area contributed by atoms with Crippen molar-refractivity contribution >= 4 is 23.2 Å². The largest absolute Gasteiger partial charge is 0.464 e. The monoisotopic (exact) mass is 289 g/mol. The van der Waals surface area contributed by atoms with E-state index in [1.807, 2.05) is 31.2 Å². The molecule has 1 aromatic carbocycles. The maximum Gasteiger partial charge on any atom is 0.322 e. The summed E-state index contributed by atoms with van der Waals surface area (Å²) < 4.78 is 5.19. The number of nitriles is 1. The van der Waals surface area contributed by atoms with Crippen LogP contribution in [0.1, 0.15) is 12.5 Å². The summed E-state index contributed by atoms with van der Waals surface area (Å²) in [6, 6.07) is 9.67. The molecule has 0 saturated heterocycles. The van der Waals surface area contributed by atoms with Crippen LogP contribution in [0.2, 0.25) is 5.28 Å². The summed E-state index contributed by atoms with van der Waals surface area (Å²) in [6.45, 7) is 2.28. The number of rotatable bonds is 5. The number of halogens is 1. The Balaban J connectivity index is 2.14. The molecular formula is C13H12ClN5O. The molecule has 6 nitrogen and oxygen atoms in total. The van der Waals surface area contributed by atoms with Crippen molar-refractivity contribution in [3.63, 3.8) is 0 Å². The molecule has 0 bridgehead atoms. The van der Waals surface area contributed by atoms with Crippen molar-refractivity contribution in [3.8, 4) is 12.1 Å². The molecule has 0 unspecified atom stereocenters. The quantitative estimate of drug-likeness (QED) is 0.911. The van der Waals surface area contributed by atoms with Crippen molar-refractivity contribution in [2.45, 2.75) is 13.3 Å². The SMILES string of the molecule is CCOc1nc(Cl)nc(Nc2ccc(CC#N)cc2)n1. The third kappa shape index (κ3) is 3.80. The van der Waals surface area contributed by atoms with Crippen LogP contribution in [-0.2, 0) is 6.42 Å². The number of nitrogens with zero attached hydrogens (tertiary/aromatic N) is 4. The lowest BCUT2D eigenvalue weighted by molar-refractivity contribution is 0.312. The number of hydrogen-bond acceptors (Lipinski definition) is 6. The number of anilines is 2. The van der Waals surface area contributed by atoms with E-state index in [9.17, 15) is 0 Å². The van der Waals surface area contributed by atoms with Gasteiger partial charge < -0.3 is 10.1 Å². The van der Waals surface area contributed by atoms with Gasteiger partial charge in [0.15, 0.2) is 0 Å². The number of aromatic nitrogens is 3. The van der Waals surface area contributed by atoms with Crippen LogP contribution in [-0.4, -0.2) is 21.6 Å². The molecule has 1 aromatic heterocycles. The minimum atomic E-state index is 0.0621. The normalized spacial score (nSPS) is 9.85. The molecule has 2 aromatic rings. The fraction of sp³-hybridized carbons (Fsp3) is 0.231. The van der Waals surface area contributed by atoms with Gasteiger partial charge in [-0.15, -0.1) is 0 Å². The van der Waals surface area contributed by atoms with E-state index < -0.39 is 0 Å². The van der Waals surface area contributed by atoms with Gasteiger partial charge in [0.1, 0.15) is 0 Å². The lowest BCUT2D eigenvalue weighted by Crippen LogP contribution is -2.03. The van der Waals surface area contributed by atoms with Gasteiger partial charge in [-0.05, 0) is 36.2 Å². The smallest absolute Gasteiger partial charge is 0.322 e. The summed E-state index contributed by atoms with van der Waals surface area (Å²) in [4.78, 5) is 11.9. The van der Waals surface area contributed by atoms with Gasteiger partial charge in [-0.25, -0.2) is 0 Å².